The van der Waals surface area contributed by atoms with E-state index < -0.39 is 0 Å². The van der Waals surface area contributed by atoms with Gasteiger partial charge in [-0.25, -0.2) is 0 Å². The van der Waals surface area contributed by atoms with Crippen LogP contribution in [0, 0.1) is 5.92 Å². The van der Waals surface area contributed by atoms with Gasteiger partial charge in [-0.1, -0.05) is 30.3 Å². The summed E-state index contributed by atoms with van der Waals surface area (Å²) in [6.45, 7) is 2.79. The van der Waals surface area contributed by atoms with E-state index in [0.717, 1.165) is 36.0 Å². The summed E-state index contributed by atoms with van der Waals surface area (Å²) in [6, 6.07) is 15.6. The normalized spacial score (nSPS) is 16.2. The number of hydrogen-bond acceptors (Lipinski definition) is 4. The Balaban J connectivity index is 0.00000240. The standard InChI is InChI=1S/C23H26N2O3.ClH/c1-27-18-9-10-19-20(14-18)28-22(21(19)17-7-3-2-4-8-17)23(26)25-13-11-16-6-5-12-24-15-16;/h2-4,7-10,14,16,24H,5-6,11-13,15H2,1H3,(H,25,26);1H. The minimum absolute atomic E-state index is 0. The molecule has 1 saturated heterocycles. The molecule has 1 atom stereocenters. The molecular weight excluding hydrogens is 388 g/mol. The highest BCUT2D eigenvalue weighted by molar-refractivity contribution is 6.08. The smallest absolute Gasteiger partial charge is 0.287 e. The number of benzene rings is 2. The molecule has 5 nitrogen and oxygen atoms in total. The van der Waals surface area contributed by atoms with Crippen LogP contribution in [0.15, 0.2) is 52.9 Å². The lowest BCUT2D eigenvalue weighted by molar-refractivity contribution is 0.0926. The van der Waals surface area contributed by atoms with Gasteiger partial charge in [0, 0.05) is 23.6 Å². The molecule has 29 heavy (non-hydrogen) atoms. The Hall–Kier alpha value is -2.50. The van der Waals surface area contributed by atoms with Gasteiger partial charge in [0.2, 0.25) is 5.76 Å². The van der Waals surface area contributed by atoms with Crippen molar-refractivity contribution in [2.45, 2.75) is 19.3 Å². The van der Waals surface area contributed by atoms with Crippen molar-refractivity contribution in [2.75, 3.05) is 26.7 Å². The average Bonchev–Trinajstić information content (AvgIpc) is 3.13. The molecule has 0 bridgehead atoms. The van der Waals surface area contributed by atoms with Gasteiger partial charge in [-0.3, -0.25) is 4.79 Å². The van der Waals surface area contributed by atoms with Crippen LogP contribution in [0.3, 0.4) is 0 Å². The highest BCUT2D eigenvalue weighted by Gasteiger charge is 2.22. The Bertz CT molecular complexity index is 949. The van der Waals surface area contributed by atoms with Gasteiger partial charge >= 0.3 is 0 Å². The fraction of sp³-hybridized carbons (Fsp3) is 0.348. The van der Waals surface area contributed by atoms with Gasteiger partial charge in [-0.05, 0) is 56.0 Å². The molecule has 2 N–H and O–H groups in total. The van der Waals surface area contributed by atoms with Crippen LogP contribution < -0.4 is 15.4 Å². The molecule has 2 aromatic carbocycles. The van der Waals surface area contributed by atoms with Crippen LogP contribution in [-0.4, -0.2) is 32.7 Å². The number of carbonyl (C=O) groups excluding carboxylic acids is 1. The van der Waals surface area contributed by atoms with E-state index >= 15 is 0 Å². The summed E-state index contributed by atoms with van der Waals surface area (Å²) in [4.78, 5) is 13.0. The second-order valence-corrected chi connectivity index (χ2v) is 7.29. The summed E-state index contributed by atoms with van der Waals surface area (Å²) in [5.74, 6) is 1.52. The van der Waals surface area contributed by atoms with Crippen LogP contribution in [0.1, 0.15) is 29.8 Å². The van der Waals surface area contributed by atoms with Gasteiger partial charge in [0.1, 0.15) is 11.3 Å². The van der Waals surface area contributed by atoms with Gasteiger partial charge < -0.3 is 19.8 Å². The third kappa shape index (κ3) is 4.74. The van der Waals surface area contributed by atoms with Crippen LogP contribution >= 0.6 is 12.4 Å². The van der Waals surface area contributed by atoms with Crippen LogP contribution in [0.4, 0.5) is 0 Å². The van der Waals surface area contributed by atoms with E-state index in [1.807, 2.05) is 48.5 Å². The zero-order valence-corrected chi connectivity index (χ0v) is 17.4. The topological polar surface area (TPSA) is 63.5 Å². The summed E-state index contributed by atoms with van der Waals surface area (Å²) in [7, 11) is 1.62. The third-order valence-corrected chi connectivity index (χ3v) is 5.40. The van der Waals surface area contributed by atoms with Crippen molar-refractivity contribution in [3.05, 3.63) is 54.3 Å². The van der Waals surface area contributed by atoms with E-state index in [-0.39, 0.29) is 18.3 Å². The molecule has 0 spiro atoms. The maximum Gasteiger partial charge on any atom is 0.287 e. The van der Waals surface area contributed by atoms with E-state index in [0.29, 0.717) is 29.6 Å². The van der Waals surface area contributed by atoms with E-state index in [4.69, 9.17) is 9.15 Å². The van der Waals surface area contributed by atoms with Gasteiger partial charge in [0.15, 0.2) is 0 Å². The molecule has 3 aromatic rings. The first-order chi connectivity index (χ1) is 13.8. The predicted molar refractivity (Wildman–Crippen MR) is 118 cm³/mol. The number of methoxy groups -OCH3 is 1. The molecule has 1 amide bonds. The molecule has 154 valence electrons. The average molecular weight is 415 g/mol. The van der Waals surface area contributed by atoms with Crippen molar-refractivity contribution in [1.82, 2.24) is 10.6 Å². The van der Waals surface area contributed by atoms with E-state index in [1.165, 1.54) is 12.8 Å². The zero-order chi connectivity index (χ0) is 19.3. The molecule has 0 radical (unpaired) electrons. The van der Waals surface area contributed by atoms with Gasteiger partial charge in [0.25, 0.3) is 5.91 Å². The van der Waals surface area contributed by atoms with Gasteiger partial charge in [-0.2, -0.15) is 0 Å². The maximum atomic E-state index is 13.0. The first-order valence-corrected chi connectivity index (χ1v) is 9.91. The van der Waals surface area contributed by atoms with Crippen LogP contribution in [0.2, 0.25) is 0 Å². The van der Waals surface area contributed by atoms with Crippen LogP contribution in [0.25, 0.3) is 22.1 Å². The highest BCUT2D eigenvalue weighted by atomic mass is 35.5. The fourth-order valence-corrected chi connectivity index (χ4v) is 3.90. The van der Waals surface area contributed by atoms with Crippen LogP contribution in [-0.2, 0) is 0 Å². The highest BCUT2D eigenvalue weighted by Crippen LogP contribution is 2.36. The molecule has 1 aromatic heterocycles. The number of halogens is 1. The molecule has 1 unspecified atom stereocenters. The molecule has 1 fully saturated rings. The van der Waals surface area contributed by atoms with Crippen LogP contribution in [0.5, 0.6) is 5.75 Å². The Morgan fingerprint density at radius 2 is 2.07 bits per heavy atom. The molecule has 0 saturated carbocycles. The number of piperidine rings is 1. The number of carbonyl (C=O) groups is 1. The molecule has 1 aliphatic heterocycles. The van der Waals surface area contributed by atoms with Gasteiger partial charge in [0.05, 0.1) is 7.11 Å². The first-order valence-electron chi connectivity index (χ1n) is 9.91. The number of hydrogen-bond donors (Lipinski definition) is 2. The van der Waals surface area contributed by atoms with Crippen molar-refractivity contribution < 1.29 is 13.9 Å². The summed E-state index contributed by atoms with van der Waals surface area (Å²) in [5.41, 5.74) is 2.45. The van der Waals surface area contributed by atoms with Gasteiger partial charge in [-0.15, -0.1) is 12.4 Å². The number of furan rings is 1. The lowest BCUT2D eigenvalue weighted by Gasteiger charge is -2.22. The number of amides is 1. The fourth-order valence-electron chi connectivity index (χ4n) is 3.90. The third-order valence-electron chi connectivity index (χ3n) is 5.40. The second kappa shape index (κ2) is 9.81. The molecule has 6 heteroatoms. The maximum absolute atomic E-state index is 13.0. The monoisotopic (exact) mass is 414 g/mol. The molecular formula is C23H27ClN2O3. The lowest BCUT2D eigenvalue weighted by Crippen LogP contribution is -2.33. The number of ether oxygens (including phenoxy) is 1. The molecule has 2 heterocycles. The Labute approximate surface area is 177 Å². The zero-order valence-electron chi connectivity index (χ0n) is 16.6. The first kappa shape index (κ1) is 21.2. The molecule has 1 aliphatic rings. The molecule has 0 aliphatic carbocycles. The van der Waals surface area contributed by atoms with Crippen molar-refractivity contribution in [1.29, 1.82) is 0 Å². The van der Waals surface area contributed by atoms with E-state index in [9.17, 15) is 4.79 Å². The van der Waals surface area contributed by atoms with E-state index in [1.54, 1.807) is 7.11 Å². The summed E-state index contributed by atoms with van der Waals surface area (Å²) in [6.07, 6.45) is 3.41. The van der Waals surface area contributed by atoms with Crippen molar-refractivity contribution in [2.24, 2.45) is 5.92 Å². The van der Waals surface area contributed by atoms with Crippen molar-refractivity contribution >= 4 is 29.3 Å². The minimum Gasteiger partial charge on any atom is -0.497 e. The number of nitrogens with one attached hydrogen (secondary N) is 2. The lowest BCUT2D eigenvalue weighted by atomic mass is 9.96. The molecule has 4 rings (SSSR count). The SMILES string of the molecule is COc1ccc2c(-c3ccccc3)c(C(=O)NCCC3CCCNC3)oc2c1.Cl. The Morgan fingerprint density at radius 3 is 2.79 bits per heavy atom. The second-order valence-electron chi connectivity index (χ2n) is 7.29. The summed E-state index contributed by atoms with van der Waals surface area (Å²) in [5, 5.41) is 7.39. The number of fused-ring (bicyclic) bond motifs is 1. The summed E-state index contributed by atoms with van der Waals surface area (Å²) < 4.78 is 11.3. The largest absolute Gasteiger partial charge is 0.497 e. The predicted octanol–water partition coefficient (Wildman–Crippen LogP) is 4.65. The Morgan fingerprint density at radius 1 is 1.24 bits per heavy atom. The van der Waals surface area contributed by atoms with Crippen molar-refractivity contribution in [3.63, 3.8) is 0 Å². The summed E-state index contributed by atoms with van der Waals surface area (Å²) >= 11 is 0. The minimum atomic E-state index is -0.169. The quantitative estimate of drug-likeness (QED) is 0.616. The Kier molecular flexibility index (Phi) is 7.18. The number of rotatable bonds is 6. The van der Waals surface area contributed by atoms with E-state index in [2.05, 4.69) is 10.6 Å². The van der Waals surface area contributed by atoms with Crippen molar-refractivity contribution in [3.8, 4) is 16.9 Å².